The van der Waals surface area contributed by atoms with Gasteiger partial charge in [0.05, 0.1) is 0 Å². The number of likely N-dealkylation sites (N-methyl/N-ethyl adjacent to an activating group) is 1. The topological polar surface area (TPSA) is 71.3 Å². The number of carbonyl (C=O) groups is 1. The van der Waals surface area contributed by atoms with E-state index in [4.69, 9.17) is 4.42 Å². The molecule has 0 aliphatic rings. The number of hydrogen-bond donors (Lipinski definition) is 2. The lowest BCUT2D eigenvalue weighted by molar-refractivity contribution is 0.0947. The van der Waals surface area contributed by atoms with E-state index in [1.54, 1.807) is 31.3 Å². The fraction of sp³-hybridized carbons (Fsp3) is 0.286. The van der Waals surface area contributed by atoms with Crippen LogP contribution in [0.3, 0.4) is 0 Å². The molecule has 0 aliphatic heterocycles. The Kier molecular flexibility index (Phi) is 5.73. The Bertz CT molecular complexity index is 654. The molecule has 0 saturated carbocycles. The van der Waals surface area contributed by atoms with E-state index in [-0.39, 0.29) is 24.0 Å². The molecule has 1 heterocycles. The number of carbonyl (C=O) groups excluding carboxylic acids is 1. The van der Waals surface area contributed by atoms with Gasteiger partial charge in [0.15, 0.2) is 0 Å². The normalized spacial score (nSPS) is 11.7. The smallest absolute Gasteiger partial charge is 0.349 e. The van der Waals surface area contributed by atoms with E-state index in [9.17, 15) is 9.59 Å². The highest BCUT2D eigenvalue weighted by Gasteiger charge is 2.13. The highest BCUT2D eigenvalue weighted by molar-refractivity contribution is 5.96. The minimum Gasteiger partial charge on any atom is -0.422 e. The van der Waals surface area contributed by atoms with E-state index in [1.165, 1.54) is 0 Å². The minimum atomic E-state index is -0.617. The number of benzene rings is 1. The van der Waals surface area contributed by atoms with Crippen molar-refractivity contribution < 1.29 is 9.21 Å². The summed E-state index contributed by atoms with van der Waals surface area (Å²) in [5.41, 5.74) is -0.108. The quantitative estimate of drug-likeness (QED) is 0.840. The second-order valence-electron chi connectivity index (χ2n) is 4.39. The summed E-state index contributed by atoms with van der Waals surface area (Å²) in [6, 6.07) is 8.79. The van der Waals surface area contributed by atoms with Gasteiger partial charge in [-0.05, 0) is 26.1 Å². The van der Waals surface area contributed by atoms with Gasteiger partial charge in [-0.25, -0.2) is 4.79 Å². The van der Waals surface area contributed by atoms with Crippen LogP contribution in [0.1, 0.15) is 17.3 Å². The molecule has 108 valence electrons. The van der Waals surface area contributed by atoms with Crippen molar-refractivity contribution in [1.82, 2.24) is 10.6 Å². The molecule has 0 spiro atoms. The Balaban J connectivity index is 0.00000200. The largest absolute Gasteiger partial charge is 0.422 e. The standard InChI is InChI=1S/C14H16N2O3.ClH/c1-9(15-2)8-16-13(17)11-7-10-5-3-4-6-12(10)19-14(11)18;/h3-7,9,15H,8H2,1-2H3,(H,16,17);1H. The molecular formula is C14H17ClN2O3. The lowest BCUT2D eigenvalue weighted by atomic mass is 10.2. The van der Waals surface area contributed by atoms with E-state index in [0.29, 0.717) is 12.1 Å². The molecule has 0 aliphatic carbocycles. The average molecular weight is 297 g/mol. The summed E-state index contributed by atoms with van der Waals surface area (Å²) in [6.07, 6.45) is 0. The second kappa shape index (κ2) is 7.07. The molecule has 1 unspecified atom stereocenters. The zero-order valence-electron chi connectivity index (χ0n) is 11.3. The van der Waals surface area contributed by atoms with Crippen LogP contribution in [-0.4, -0.2) is 25.5 Å². The van der Waals surface area contributed by atoms with Crippen LogP contribution < -0.4 is 16.3 Å². The van der Waals surface area contributed by atoms with Gasteiger partial charge < -0.3 is 15.1 Å². The summed E-state index contributed by atoms with van der Waals surface area (Å²) < 4.78 is 5.12. The fourth-order valence-electron chi connectivity index (χ4n) is 1.66. The van der Waals surface area contributed by atoms with Crippen LogP contribution in [0.2, 0.25) is 0 Å². The molecule has 1 aromatic carbocycles. The Morgan fingerprint density at radius 1 is 1.35 bits per heavy atom. The Morgan fingerprint density at radius 2 is 2.05 bits per heavy atom. The predicted octanol–water partition coefficient (Wildman–Crippen LogP) is 1.55. The third kappa shape index (κ3) is 3.59. The molecule has 20 heavy (non-hydrogen) atoms. The molecule has 2 aromatic rings. The summed E-state index contributed by atoms with van der Waals surface area (Å²) in [6.45, 7) is 2.38. The van der Waals surface area contributed by atoms with Crippen molar-refractivity contribution in [3.8, 4) is 0 Å². The summed E-state index contributed by atoms with van der Waals surface area (Å²) in [4.78, 5) is 23.7. The molecule has 2 rings (SSSR count). The number of para-hydroxylation sites is 1. The van der Waals surface area contributed by atoms with Crippen LogP contribution in [0.25, 0.3) is 11.0 Å². The Morgan fingerprint density at radius 3 is 2.75 bits per heavy atom. The van der Waals surface area contributed by atoms with Gasteiger partial charge in [0.25, 0.3) is 5.91 Å². The summed E-state index contributed by atoms with van der Waals surface area (Å²) in [5, 5.41) is 6.42. The van der Waals surface area contributed by atoms with Gasteiger partial charge in [-0.3, -0.25) is 4.79 Å². The maximum absolute atomic E-state index is 11.9. The van der Waals surface area contributed by atoms with Gasteiger partial charge in [-0.1, -0.05) is 18.2 Å². The molecule has 0 radical (unpaired) electrons. The van der Waals surface area contributed by atoms with Crippen LogP contribution in [0.15, 0.2) is 39.5 Å². The number of hydrogen-bond acceptors (Lipinski definition) is 4. The maximum Gasteiger partial charge on any atom is 0.349 e. The van der Waals surface area contributed by atoms with E-state index in [1.807, 2.05) is 13.0 Å². The van der Waals surface area contributed by atoms with Crippen LogP contribution in [0.5, 0.6) is 0 Å². The third-order valence-corrected chi connectivity index (χ3v) is 2.95. The molecule has 1 aromatic heterocycles. The van der Waals surface area contributed by atoms with Crippen LogP contribution in [-0.2, 0) is 0 Å². The Labute approximate surface area is 122 Å². The first-order valence-corrected chi connectivity index (χ1v) is 6.10. The summed E-state index contributed by atoms with van der Waals surface area (Å²) >= 11 is 0. The van der Waals surface area contributed by atoms with Crippen LogP contribution >= 0.6 is 12.4 Å². The molecule has 0 saturated heterocycles. The summed E-state index contributed by atoms with van der Waals surface area (Å²) in [5.74, 6) is -0.415. The second-order valence-corrected chi connectivity index (χ2v) is 4.39. The molecule has 0 bridgehead atoms. The minimum absolute atomic E-state index is 0. The van der Waals surface area contributed by atoms with Crippen molar-refractivity contribution >= 4 is 29.3 Å². The van der Waals surface area contributed by atoms with E-state index in [2.05, 4.69) is 10.6 Å². The molecule has 2 N–H and O–H groups in total. The maximum atomic E-state index is 11.9. The zero-order valence-corrected chi connectivity index (χ0v) is 12.1. The molecule has 6 heteroatoms. The van der Waals surface area contributed by atoms with Gasteiger partial charge in [0.2, 0.25) is 0 Å². The first kappa shape index (κ1) is 16.2. The molecule has 5 nitrogen and oxygen atoms in total. The van der Waals surface area contributed by atoms with Crippen molar-refractivity contribution in [2.75, 3.05) is 13.6 Å². The van der Waals surface area contributed by atoms with E-state index >= 15 is 0 Å². The van der Waals surface area contributed by atoms with Gasteiger partial charge in [-0.15, -0.1) is 12.4 Å². The number of nitrogens with one attached hydrogen (secondary N) is 2. The number of amides is 1. The number of fused-ring (bicyclic) bond motifs is 1. The molecular weight excluding hydrogens is 280 g/mol. The number of halogens is 1. The predicted molar refractivity (Wildman–Crippen MR) is 80.6 cm³/mol. The lowest BCUT2D eigenvalue weighted by Crippen LogP contribution is -2.38. The SMILES string of the molecule is CNC(C)CNC(=O)c1cc2ccccc2oc1=O.Cl. The van der Waals surface area contributed by atoms with Crippen molar-refractivity contribution in [2.45, 2.75) is 13.0 Å². The monoisotopic (exact) mass is 296 g/mol. The molecule has 1 atom stereocenters. The highest BCUT2D eigenvalue weighted by Crippen LogP contribution is 2.12. The van der Waals surface area contributed by atoms with Crippen molar-refractivity contribution in [1.29, 1.82) is 0 Å². The first-order chi connectivity index (χ1) is 9.11. The highest BCUT2D eigenvalue weighted by atomic mass is 35.5. The van der Waals surface area contributed by atoms with E-state index in [0.717, 1.165) is 5.39 Å². The van der Waals surface area contributed by atoms with Crippen LogP contribution in [0.4, 0.5) is 0 Å². The average Bonchev–Trinajstić information content (AvgIpc) is 2.43. The molecule has 0 fully saturated rings. The summed E-state index contributed by atoms with van der Waals surface area (Å²) in [7, 11) is 1.81. The zero-order chi connectivity index (χ0) is 13.8. The van der Waals surface area contributed by atoms with Crippen LogP contribution in [0, 0.1) is 0 Å². The van der Waals surface area contributed by atoms with Gasteiger partial charge in [-0.2, -0.15) is 0 Å². The third-order valence-electron chi connectivity index (χ3n) is 2.95. The van der Waals surface area contributed by atoms with Gasteiger partial charge in [0.1, 0.15) is 11.1 Å². The van der Waals surface area contributed by atoms with E-state index < -0.39 is 11.5 Å². The number of rotatable bonds is 4. The fourth-order valence-corrected chi connectivity index (χ4v) is 1.66. The molecule has 1 amide bonds. The van der Waals surface area contributed by atoms with Crippen molar-refractivity contribution in [3.05, 3.63) is 46.3 Å². The van der Waals surface area contributed by atoms with Crippen molar-refractivity contribution in [2.24, 2.45) is 0 Å². The lowest BCUT2D eigenvalue weighted by Gasteiger charge is -2.10. The first-order valence-electron chi connectivity index (χ1n) is 6.10. The van der Waals surface area contributed by atoms with Gasteiger partial charge in [0, 0.05) is 18.0 Å². The Hall–Kier alpha value is -1.85. The van der Waals surface area contributed by atoms with Crippen molar-refractivity contribution in [3.63, 3.8) is 0 Å². The van der Waals surface area contributed by atoms with Gasteiger partial charge >= 0.3 is 5.63 Å².